The standard InChI is InChI=1S/C12H24O6P2/c1-5-15-19(13,16-6-2)11-9-10-12-20(14,17-7-3)18-8-4/h9-12H,5-8H2,1-4H3/b11-9+,12-10+. The molecule has 0 spiro atoms. The quantitative estimate of drug-likeness (QED) is 0.410. The van der Waals surface area contributed by atoms with Gasteiger partial charge < -0.3 is 18.1 Å². The fourth-order valence-corrected chi connectivity index (χ4v) is 3.83. The molecule has 0 aromatic rings. The second kappa shape index (κ2) is 10.5. The molecular weight excluding hydrogens is 302 g/mol. The molecule has 0 radical (unpaired) electrons. The van der Waals surface area contributed by atoms with Crippen LogP contribution in [0.25, 0.3) is 0 Å². The van der Waals surface area contributed by atoms with Gasteiger partial charge in [0.25, 0.3) is 0 Å². The maximum absolute atomic E-state index is 12.1. The molecule has 0 aliphatic rings. The molecule has 0 fully saturated rings. The molecule has 6 nitrogen and oxygen atoms in total. The summed E-state index contributed by atoms with van der Waals surface area (Å²) in [6, 6.07) is 0. The Morgan fingerprint density at radius 2 is 0.900 bits per heavy atom. The summed E-state index contributed by atoms with van der Waals surface area (Å²) >= 11 is 0. The summed E-state index contributed by atoms with van der Waals surface area (Å²) in [7, 11) is -6.47. The lowest BCUT2D eigenvalue weighted by Gasteiger charge is -2.13. The minimum absolute atomic E-state index is 0.279. The van der Waals surface area contributed by atoms with E-state index >= 15 is 0 Å². The van der Waals surface area contributed by atoms with Crippen LogP contribution < -0.4 is 0 Å². The van der Waals surface area contributed by atoms with Crippen molar-refractivity contribution in [3.8, 4) is 0 Å². The van der Waals surface area contributed by atoms with Crippen molar-refractivity contribution in [1.82, 2.24) is 0 Å². The molecule has 118 valence electrons. The van der Waals surface area contributed by atoms with E-state index in [9.17, 15) is 9.13 Å². The van der Waals surface area contributed by atoms with Gasteiger partial charge in [0.2, 0.25) is 0 Å². The third-order valence-corrected chi connectivity index (χ3v) is 5.43. The Kier molecular flexibility index (Phi) is 10.4. The Balaban J connectivity index is 4.77. The van der Waals surface area contributed by atoms with E-state index < -0.39 is 15.2 Å². The molecule has 0 aromatic carbocycles. The summed E-state index contributed by atoms with van der Waals surface area (Å²) in [6.07, 6.45) is 2.91. The lowest BCUT2D eigenvalue weighted by atomic mass is 10.6. The molecule has 0 heterocycles. The smallest absolute Gasteiger partial charge is 0.306 e. The van der Waals surface area contributed by atoms with Gasteiger partial charge in [-0.1, -0.05) is 12.2 Å². The first-order chi connectivity index (χ1) is 9.45. The van der Waals surface area contributed by atoms with E-state index in [1.165, 1.54) is 23.8 Å². The van der Waals surface area contributed by atoms with Crippen LogP contribution in [0.2, 0.25) is 0 Å². The Morgan fingerprint density at radius 3 is 1.10 bits per heavy atom. The van der Waals surface area contributed by atoms with Crippen LogP contribution in [0, 0.1) is 0 Å². The minimum Gasteiger partial charge on any atom is -0.306 e. The summed E-state index contributed by atoms with van der Waals surface area (Å²) in [4.78, 5) is 0. The van der Waals surface area contributed by atoms with E-state index in [4.69, 9.17) is 18.1 Å². The zero-order chi connectivity index (χ0) is 15.5. The maximum Gasteiger partial charge on any atom is 0.354 e. The van der Waals surface area contributed by atoms with Gasteiger partial charge in [0, 0.05) is 11.6 Å². The predicted octanol–water partition coefficient (Wildman–Crippen LogP) is 4.55. The van der Waals surface area contributed by atoms with Crippen LogP contribution in [-0.4, -0.2) is 26.4 Å². The lowest BCUT2D eigenvalue weighted by molar-refractivity contribution is 0.227. The summed E-state index contributed by atoms with van der Waals surface area (Å²) in [6.45, 7) is 8.04. The van der Waals surface area contributed by atoms with Crippen LogP contribution >= 0.6 is 15.2 Å². The molecule has 0 amide bonds. The van der Waals surface area contributed by atoms with Crippen molar-refractivity contribution in [1.29, 1.82) is 0 Å². The molecule has 0 aliphatic carbocycles. The fraction of sp³-hybridized carbons (Fsp3) is 0.667. The highest BCUT2D eigenvalue weighted by Crippen LogP contribution is 2.51. The highest BCUT2D eigenvalue weighted by molar-refractivity contribution is 7.57. The third-order valence-electron chi connectivity index (χ3n) is 1.88. The van der Waals surface area contributed by atoms with Crippen LogP contribution in [0.5, 0.6) is 0 Å². The largest absolute Gasteiger partial charge is 0.354 e. The first kappa shape index (κ1) is 19.8. The lowest BCUT2D eigenvalue weighted by Crippen LogP contribution is -1.93. The summed E-state index contributed by atoms with van der Waals surface area (Å²) in [5, 5.41) is 0. The highest BCUT2D eigenvalue weighted by atomic mass is 31.2. The molecule has 0 N–H and O–H groups in total. The Morgan fingerprint density at radius 1 is 0.650 bits per heavy atom. The van der Waals surface area contributed by atoms with Crippen LogP contribution in [-0.2, 0) is 27.2 Å². The molecular formula is C12H24O6P2. The van der Waals surface area contributed by atoms with Crippen LogP contribution in [0.4, 0.5) is 0 Å². The van der Waals surface area contributed by atoms with E-state index in [1.807, 2.05) is 0 Å². The van der Waals surface area contributed by atoms with Crippen LogP contribution in [0.15, 0.2) is 23.8 Å². The van der Waals surface area contributed by atoms with Gasteiger partial charge in [0.05, 0.1) is 26.4 Å². The summed E-state index contributed by atoms with van der Waals surface area (Å²) < 4.78 is 44.5. The molecule has 0 unspecified atom stereocenters. The molecule has 0 aliphatic heterocycles. The number of hydrogen-bond donors (Lipinski definition) is 0. The maximum atomic E-state index is 12.1. The van der Waals surface area contributed by atoms with Gasteiger partial charge in [-0.3, -0.25) is 9.13 Å². The van der Waals surface area contributed by atoms with E-state index in [0.717, 1.165) is 0 Å². The van der Waals surface area contributed by atoms with Crippen molar-refractivity contribution in [3.05, 3.63) is 23.8 Å². The first-order valence-electron chi connectivity index (χ1n) is 6.59. The van der Waals surface area contributed by atoms with Gasteiger partial charge in [-0.25, -0.2) is 0 Å². The average Bonchev–Trinajstić information content (AvgIpc) is 2.36. The molecule has 20 heavy (non-hydrogen) atoms. The molecule has 0 rings (SSSR count). The van der Waals surface area contributed by atoms with E-state index in [0.29, 0.717) is 0 Å². The second-order valence-electron chi connectivity index (χ2n) is 3.43. The third kappa shape index (κ3) is 8.15. The zero-order valence-electron chi connectivity index (χ0n) is 12.5. The average molecular weight is 326 g/mol. The van der Waals surface area contributed by atoms with Gasteiger partial charge in [-0.15, -0.1) is 0 Å². The summed E-state index contributed by atoms with van der Waals surface area (Å²) in [5.41, 5.74) is 0. The topological polar surface area (TPSA) is 71.1 Å². The second-order valence-corrected chi connectivity index (χ2v) is 7.22. The Labute approximate surface area is 121 Å². The molecule has 0 saturated carbocycles. The van der Waals surface area contributed by atoms with Crippen molar-refractivity contribution in [2.24, 2.45) is 0 Å². The Bertz CT molecular complexity index is 347. The molecule has 0 bridgehead atoms. The van der Waals surface area contributed by atoms with Crippen molar-refractivity contribution in [2.45, 2.75) is 27.7 Å². The highest BCUT2D eigenvalue weighted by Gasteiger charge is 2.20. The minimum atomic E-state index is -3.24. The SMILES string of the molecule is CCOP(=O)(/C=C/C=C/P(=O)(OCC)OCC)OCC. The van der Waals surface area contributed by atoms with Gasteiger partial charge in [-0.05, 0) is 27.7 Å². The normalized spacial score (nSPS) is 13.6. The zero-order valence-corrected chi connectivity index (χ0v) is 14.3. The Hall–Kier alpha value is -0.220. The van der Waals surface area contributed by atoms with Gasteiger partial charge >= 0.3 is 15.2 Å². The van der Waals surface area contributed by atoms with Crippen molar-refractivity contribution < 1.29 is 27.2 Å². The van der Waals surface area contributed by atoms with Gasteiger partial charge in [-0.2, -0.15) is 0 Å². The predicted molar refractivity (Wildman–Crippen MR) is 80.0 cm³/mol. The summed E-state index contributed by atoms with van der Waals surface area (Å²) in [5.74, 6) is 2.64. The molecule has 8 heteroatoms. The number of rotatable bonds is 11. The van der Waals surface area contributed by atoms with Gasteiger partial charge in [0.15, 0.2) is 0 Å². The van der Waals surface area contributed by atoms with Gasteiger partial charge in [0.1, 0.15) is 0 Å². The van der Waals surface area contributed by atoms with E-state index in [-0.39, 0.29) is 26.4 Å². The van der Waals surface area contributed by atoms with Crippen molar-refractivity contribution in [2.75, 3.05) is 26.4 Å². The van der Waals surface area contributed by atoms with Crippen LogP contribution in [0.1, 0.15) is 27.7 Å². The van der Waals surface area contributed by atoms with Crippen molar-refractivity contribution >= 4 is 15.2 Å². The number of allylic oxidation sites excluding steroid dienone is 2. The first-order valence-corrected chi connectivity index (χ1v) is 9.82. The monoisotopic (exact) mass is 326 g/mol. The molecule has 0 aromatic heterocycles. The van der Waals surface area contributed by atoms with Crippen molar-refractivity contribution in [3.63, 3.8) is 0 Å². The van der Waals surface area contributed by atoms with E-state index in [1.54, 1.807) is 27.7 Å². The number of hydrogen-bond acceptors (Lipinski definition) is 6. The molecule has 0 atom stereocenters. The molecule has 0 saturated heterocycles. The van der Waals surface area contributed by atoms with Crippen LogP contribution in [0.3, 0.4) is 0 Å². The fourth-order valence-electron chi connectivity index (χ4n) is 1.28. The van der Waals surface area contributed by atoms with E-state index in [2.05, 4.69) is 0 Å².